The second-order valence-corrected chi connectivity index (χ2v) is 4.49. The van der Waals surface area contributed by atoms with Gasteiger partial charge in [-0.25, -0.2) is 17.1 Å². The highest BCUT2D eigenvalue weighted by molar-refractivity contribution is 6.58. The van der Waals surface area contributed by atoms with Crippen LogP contribution in [0.15, 0.2) is 36.4 Å². The van der Waals surface area contributed by atoms with Gasteiger partial charge in [0, 0.05) is 6.08 Å². The van der Waals surface area contributed by atoms with E-state index in [1.807, 2.05) is 0 Å². The minimum atomic E-state index is -5.81. The normalized spacial score (nSPS) is 11.7. The monoisotopic (exact) mass is 246 g/mol. The number of hydrogen-bond acceptors (Lipinski definition) is 2. The number of carbonyl (C=O) groups is 1. The molecule has 6 heteroatoms. The number of carbonyl (C=O) groups excluding carboxylic acids is 1. The van der Waals surface area contributed by atoms with Gasteiger partial charge in [0.15, 0.2) is 6.23 Å². The topological polar surface area (TPSA) is 26.3 Å². The highest BCUT2D eigenvalue weighted by atomic mass is 28.5. The zero-order valence-electron chi connectivity index (χ0n) is 8.20. The highest BCUT2D eigenvalue weighted by Gasteiger charge is 2.38. The summed E-state index contributed by atoms with van der Waals surface area (Å²) in [6.45, 7) is 0. The molecule has 16 heavy (non-hydrogen) atoms. The lowest BCUT2D eigenvalue weighted by molar-refractivity contribution is -0.136. The molecule has 0 aromatic heterocycles. The van der Waals surface area contributed by atoms with Gasteiger partial charge in [-0.2, -0.15) is 0 Å². The van der Waals surface area contributed by atoms with E-state index in [2.05, 4.69) is 4.74 Å². The molecule has 0 unspecified atom stereocenters. The van der Waals surface area contributed by atoms with E-state index >= 15 is 0 Å². The third-order valence-electron chi connectivity index (χ3n) is 1.59. The summed E-state index contributed by atoms with van der Waals surface area (Å²) in [7, 11) is -5.81. The van der Waals surface area contributed by atoms with Gasteiger partial charge in [-0.3, -0.25) is 0 Å². The number of ether oxygens (including phenoxy) is 1. The smallest absolute Gasteiger partial charge is 0.457 e. The summed E-state index contributed by atoms with van der Waals surface area (Å²) < 4.78 is 39.5. The van der Waals surface area contributed by atoms with Crippen molar-refractivity contribution in [3.8, 4) is 0 Å². The first-order valence-corrected chi connectivity index (χ1v) is 6.28. The summed E-state index contributed by atoms with van der Waals surface area (Å²) in [4.78, 5) is 10.9. The third kappa shape index (κ3) is 5.35. The molecule has 0 aliphatic carbocycles. The zero-order valence-corrected chi connectivity index (χ0v) is 9.20. The minimum absolute atomic E-state index is 0.726. The lowest BCUT2D eigenvalue weighted by atomic mass is 10.2. The van der Waals surface area contributed by atoms with Crippen LogP contribution in [-0.2, 0) is 9.53 Å². The van der Waals surface area contributed by atoms with Gasteiger partial charge in [0.1, 0.15) is 0 Å². The van der Waals surface area contributed by atoms with E-state index in [9.17, 15) is 17.1 Å². The first-order valence-electron chi connectivity index (χ1n) is 4.44. The Morgan fingerprint density at radius 1 is 1.25 bits per heavy atom. The maximum absolute atomic E-state index is 11.8. The Morgan fingerprint density at radius 2 is 1.88 bits per heavy atom. The molecule has 0 saturated heterocycles. The lowest BCUT2D eigenvalue weighted by Crippen LogP contribution is -2.25. The van der Waals surface area contributed by atoms with Crippen LogP contribution in [0.2, 0.25) is 0 Å². The summed E-state index contributed by atoms with van der Waals surface area (Å²) in [5, 5.41) is 0. The second-order valence-electron chi connectivity index (χ2n) is 2.97. The summed E-state index contributed by atoms with van der Waals surface area (Å²) in [5.41, 5.74) is 0.726. The molecule has 0 spiro atoms. The number of esters is 1. The van der Waals surface area contributed by atoms with E-state index in [4.69, 9.17) is 0 Å². The average molecular weight is 246 g/mol. The molecular formula is C10H9F3O2Si. The van der Waals surface area contributed by atoms with Crippen LogP contribution in [0.5, 0.6) is 0 Å². The largest absolute Gasteiger partial charge is 0.656 e. The van der Waals surface area contributed by atoms with E-state index in [0.29, 0.717) is 0 Å². The predicted octanol–water partition coefficient (Wildman–Crippen LogP) is 2.63. The van der Waals surface area contributed by atoms with Gasteiger partial charge in [0.25, 0.3) is 0 Å². The molecule has 0 atom stereocenters. The van der Waals surface area contributed by atoms with Crippen LogP contribution < -0.4 is 0 Å². The molecule has 1 aromatic rings. The van der Waals surface area contributed by atoms with Crippen LogP contribution in [-0.4, -0.2) is 21.3 Å². The van der Waals surface area contributed by atoms with Gasteiger partial charge < -0.3 is 4.74 Å². The van der Waals surface area contributed by atoms with E-state index in [0.717, 1.165) is 11.6 Å². The van der Waals surface area contributed by atoms with Gasteiger partial charge in [0.2, 0.25) is 0 Å². The second kappa shape index (κ2) is 5.50. The molecular weight excluding hydrogens is 237 g/mol. The van der Waals surface area contributed by atoms with Crippen molar-refractivity contribution < 1.29 is 21.9 Å². The molecule has 0 heterocycles. The molecule has 0 fully saturated rings. The summed E-state index contributed by atoms with van der Waals surface area (Å²) in [5.74, 6) is -0.978. The molecule has 0 aliphatic rings. The SMILES string of the molecule is O=C(C=Cc1ccccc1)OC[Si](F)(F)F. The fourth-order valence-corrected chi connectivity index (χ4v) is 1.24. The van der Waals surface area contributed by atoms with Crippen molar-refractivity contribution in [1.82, 2.24) is 0 Å². The maximum atomic E-state index is 11.8. The number of halogens is 3. The number of hydrogen-bond donors (Lipinski definition) is 0. The molecule has 1 aromatic carbocycles. The summed E-state index contributed by atoms with van der Waals surface area (Å²) in [6, 6.07) is 8.76. The summed E-state index contributed by atoms with van der Waals surface area (Å²) in [6.07, 6.45) is 0.959. The number of benzene rings is 1. The third-order valence-corrected chi connectivity index (χ3v) is 2.06. The first kappa shape index (κ1) is 12.5. The van der Waals surface area contributed by atoms with Crippen LogP contribution in [0.4, 0.5) is 12.3 Å². The zero-order chi connectivity index (χ0) is 12.0. The number of rotatable bonds is 4. The molecule has 86 valence electrons. The quantitative estimate of drug-likeness (QED) is 0.353. The Labute approximate surface area is 91.9 Å². The Morgan fingerprint density at radius 3 is 2.44 bits per heavy atom. The van der Waals surface area contributed by atoms with Crippen molar-refractivity contribution in [3.63, 3.8) is 0 Å². The first-order chi connectivity index (χ1) is 7.47. The van der Waals surface area contributed by atoms with E-state index in [1.54, 1.807) is 30.3 Å². The minimum Gasteiger partial charge on any atom is -0.457 e. The Kier molecular flexibility index (Phi) is 4.30. The van der Waals surface area contributed by atoms with Crippen LogP contribution in [0.25, 0.3) is 6.08 Å². The van der Waals surface area contributed by atoms with E-state index < -0.39 is 21.3 Å². The molecule has 0 saturated carbocycles. The lowest BCUT2D eigenvalue weighted by Gasteiger charge is -2.01. The molecule has 0 amide bonds. The van der Waals surface area contributed by atoms with Crippen LogP contribution >= 0.6 is 0 Å². The highest BCUT2D eigenvalue weighted by Crippen LogP contribution is 2.08. The van der Waals surface area contributed by atoms with E-state index in [-0.39, 0.29) is 0 Å². The molecule has 0 radical (unpaired) electrons. The van der Waals surface area contributed by atoms with Gasteiger partial charge in [-0.15, -0.1) is 0 Å². The van der Waals surface area contributed by atoms with Gasteiger partial charge in [-0.05, 0) is 11.6 Å². The molecule has 0 aliphatic heterocycles. The van der Waals surface area contributed by atoms with Gasteiger partial charge >= 0.3 is 15.0 Å². The van der Waals surface area contributed by atoms with Crippen LogP contribution in [0.3, 0.4) is 0 Å². The van der Waals surface area contributed by atoms with Crippen molar-refractivity contribution in [2.75, 3.05) is 6.23 Å². The van der Waals surface area contributed by atoms with Crippen molar-refractivity contribution in [3.05, 3.63) is 42.0 Å². The standard InChI is InChI=1S/C10H9F3O2Si/c11-16(12,13)8-15-10(14)7-6-9-4-2-1-3-5-9/h1-7H,8H2. The fraction of sp³-hybridized carbons (Fsp3) is 0.100. The Balaban J connectivity index is 2.43. The van der Waals surface area contributed by atoms with Crippen LogP contribution in [0.1, 0.15) is 5.56 Å². The van der Waals surface area contributed by atoms with Crippen molar-refractivity contribution in [2.24, 2.45) is 0 Å². The molecule has 1 rings (SSSR count). The van der Waals surface area contributed by atoms with Crippen molar-refractivity contribution >= 4 is 21.1 Å². The Bertz CT molecular complexity index is 373. The van der Waals surface area contributed by atoms with Crippen molar-refractivity contribution in [1.29, 1.82) is 0 Å². The predicted molar refractivity (Wildman–Crippen MR) is 55.5 cm³/mol. The van der Waals surface area contributed by atoms with Gasteiger partial charge in [-0.1, -0.05) is 30.3 Å². The Hall–Kier alpha value is -1.56. The van der Waals surface area contributed by atoms with Crippen LogP contribution in [0, 0.1) is 0 Å². The molecule has 0 N–H and O–H groups in total. The summed E-state index contributed by atoms with van der Waals surface area (Å²) >= 11 is 0. The van der Waals surface area contributed by atoms with E-state index in [1.165, 1.54) is 6.08 Å². The maximum Gasteiger partial charge on any atom is 0.656 e. The fourth-order valence-electron chi connectivity index (χ4n) is 0.929. The molecule has 0 bridgehead atoms. The van der Waals surface area contributed by atoms with Gasteiger partial charge in [0.05, 0.1) is 0 Å². The average Bonchev–Trinajstić information content (AvgIpc) is 2.24. The molecule has 2 nitrogen and oxygen atoms in total. The van der Waals surface area contributed by atoms with Crippen molar-refractivity contribution in [2.45, 2.75) is 0 Å².